The molecular formula is C17H25ClO3. The highest BCUT2D eigenvalue weighted by Crippen LogP contribution is 2.34. The first-order chi connectivity index (χ1) is 10.1. The normalized spacial score (nSPS) is 10.5. The van der Waals surface area contributed by atoms with Gasteiger partial charge >= 0.3 is 0 Å². The Bertz CT molecular complexity index is 458. The smallest absolute Gasteiger partial charge is 0.166 e. The van der Waals surface area contributed by atoms with Crippen LogP contribution < -0.4 is 9.47 Å². The lowest BCUT2D eigenvalue weighted by Gasteiger charge is -2.14. The zero-order chi connectivity index (χ0) is 15.7. The van der Waals surface area contributed by atoms with E-state index in [1.54, 1.807) is 12.1 Å². The molecule has 21 heavy (non-hydrogen) atoms. The van der Waals surface area contributed by atoms with Crippen LogP contribution in [-0.2, 0) is 0 Å². The first kappa shape index (κ1) is 17.8. The second-order valence-electron chi connectivity index (χ2n) is 5.00. The highest BCUT2D eigenvalue weighted by atomic mass is 35.5. The number of ketones is 1. The van der Waals surface area contributed by atoms with Crippen molar-refractivity contribution in [3.05, 3.63) is 22.7 Å². The van der Waals surface area contributed by atoms with Crippen LogP contribution in [0.4, 0.5) is 0 Å². The minimum absolute atomic E-state index is 0.0758. The maximum absolute atomic E-state index is 12.3. The van der Waals surface area contributed by atoms with Gasteiger partial charge in [-0.3, -0.25) is 4.79 Å². The second kappa shape index (κ2) is 9.67. The van der Waals surface area contributed by atoms with Crippen molar-refractivity contribution in [2.45, 2.75) is 52.9 Å². The van der Waals surface area contributed by atoms with Gasteiger partial charge in [0.2, 0.25) is 0 Å². The minimum atomic E-state index is 0.0758. The standard InChI is InChI=1S/C17H25ClO3/c1-4-7-8-15(19)13-11-14(18)17(21-10-6-3)12-16(13)20-9-5-2/h11-12H,4-10H2,1-3H3. The van der Waals surface area contributed by atoms with Crippen LogP contribution in [0, 0.1) is 0 Å². The van der Waals surface area contributed by atoms with Crippen LogP contribution in [0.25, 0.3) is 0 Å². The summed E-state index contributed by atoms with van der Waals surface area (Å²) in [6.45, 7) is 7.30. The molecule has 0 heterocycles. The minimum Gasteiger partial charge on any atom is -0.493 e. The summed E-state index contributed by atoms with van der Waals surface area (Å²) >= 11 is 6.22. The van der Waals surface area contributed by atoms with E-state index >= 15 is 0 Å². The Hall–Kier alpha value is -1.22. The van der Waals surface area contributed by atoms with E-state index in [0.717, 1.165) is 25.7 Å². The van der Waals surface area contributed by atoms with E-state index in [-0.39, 0.29) is 5.78 Å². The number of hydrogen-bond donors (Lipinski definition) is 0. The summed E-state index contributed by atoms with van der Waals surface area (Å²) in [7, 11) is 0. The number of benzene rings is 1. The van der Waals surface area contributed by atoms with Gasteiger partial charge in [0.05, 0.1) is 23.8 Å². The largest absolute Gasteiger partial charge is 0.493 e. The molecule has 0 amide bonds. The van der Waals surface area contributed by atoms with Gasteiger partial charge in [-0.05, 0) is 25.3 Å². The highest BCUT2D eigenvalue weighted by molar-refractivity contribution is 6.32. The predicted octanol–water partition coefficient (Wildman–Crippen LogP) is 5.29. The van der Waals surface area contributed by atoms with Crippen molar-refractivity contribution in [2.24, 2.45) is 0 Å². The van der Waals surface area contributed by atoms with Gasteiger partial charge in [-0.2, -0.15) is 0 Å². The predicted molar refractivity (Wildman–Crippen MR) is 86.9 cm³/mol. The molecule has 0 atom stereocenters. The Kier molecular flexibility index (Phi) is 8.21. The number of carbonyl (C=O) groups is 1. The van der Waals surface area contributed by atoms with Crippen LogP contribution in [0.5, 0.6) is 11.5 Å². The van der Waals surface area contributed by atoms with Crippen LogP contribution in [0.1, 0.15) is 63.2 Å². The van der Waals surface area contributed by atoms with Crippen LogP contribution in [-0.4, -0.2) is 19.0 Å². The van der Waals surface area contributed by atoms with Gasteiger partial charge in [0.25, 0.3) is 0 Å². The van der Waals surface area contributed by atoms with Crippen LogP contribution in [0.2, 0.25) is 5.02 Å². The summed E-state index contributed by atoms with van der Waals surface area (Å²) in [5.74, 6) is 1.23. The maximum Gasteiger partial charge on any atom is 0.166 e. The summed E-state index contributed by atoms with van der Waals surface area (Å²) < 4.78 is 11.3. The molecule has 0 radical (unpaired) electrons. The van der Waals surface area contributed by atoms with Gasteiger partial charge in [0.1, 0.15) is 11.5 Å². The summed E-state index contributed by atoms with van der Waals surface area (Å²) in [5.41, 5.74) is 0.561. The Morgan fingerprint density at radius 1 is 1.00 bits per heavy atom. The molecule has 0 fully saturated rings. The fourth-order valence-electron chi connectivity index (χ4n) is 1.88. The number of unbranched alkanes of at least 4 members (excludes halogenated alkanes) is 1. The number of ether oxygens (including phenoxy) is 2. The molecule has 118 valence electrons. The maximum atomic E-state index is 12.3. The molecule has 4 heteroatoms. The molecule has 3 nitrogen and oxygen atoms in total. The van der Waals surface area contributed by atoms with E-state index in [1.165, 1.54) is 0 Å². The van der Waals surface area contributed by atoms with Crippen LogP contribution in [0.3, 0.4) is 0 Å². The number of hydrogen-bond acceptors (Lipinski definition) is 3. The highest BCUT2D eigenvalue weighted by Gasteiger charge is 2.16. The van der Waals surface area contributed by atoms with E-state index in [0.29, 0.717) is 41.7 Å². The average molecular weight is 313 g/mol. The summed E-state index contributed by atoms with van der Waals surface area (Å²) in [5, 5.41) is 0.465. The quantitative estimate of drug-likeness (QED) is 0.551. The van der Waals surface area contributed by atoms with Gasteiger partial charge in [-0.15, -0.1) is 0 Å². The molecule has 0 aromatic heterocycles. The van der Waals surface area contributed by atoms with Crippen molar-refractivity contribution >= 4 is 17.4 Å². The molecule has 0 aliphatic carbocycles. The summed E-state index contributed by atoms with van der Waals surface area (Å²) in [4.78, 5) is 12.3. The molecule has 0 saturated heterocycles. The molecule has 0 bridgehead atoms. The molecule has 1 aromatic rings. The van der Waals surface area contributed by atoms with E-state index in [9.17, 15) is 4.79 Å². The zero-order valence-electron chi connectivity index (χ0n) is 13.2. The monoisotopic (exact) mass is 312 g/mol. The third kappa shape index (κ3) is 5.58. The number of Topliss-reactive ketones (excluding diaryl/α,β-unsaturated/α-hetero) is 1. The molecule has 1 aromatic carbocycles. The summed E-state index contributed by atoms with van der Waals surface area (Å²) in [6.07, 6.45) is 4.17. The third-order valence-corrected chi connectivity index (χ3v) is 3.31. The van der Waals surface area contributed by atoms with Crippen molar-refractivity contribution in [1.29, 1.82) is 0 Å². The SMILES string of the molecule is CCCCC(=O)c1cc(Cl)c(OCCC)cc1OCCC. The van der Waals surface area contributed by atoms with Crippen molar-refractivity contribution < 1.29 is 14.3 Å². The van der Waals surface area contributed by atoms with E-state index in [2.05, 4.69) is 6.92 Å². The molecule has 0 aliphatic rings. The van der Waals surface area contributed by atoms with Crippen molar-refractivity contribution in [1.82, 2.24) is 0 Å². The molecule has 0 unspecified atom stereocenters. The van der Waals surface area contributed by atoms with Crippen LogP contribution in [0.15, 0.2) is 12.1 Å². The molecule has 0 aliphatic heterocycles. The lowest BCUT2D eigenvalue weighted by Crippen LogP contribution is -2.06. The topological polar surface area (TPSA) is 35.5 Å². The van der Waals surface area contributed by atoms with E-state index in [4.69, 9.17) is 21.1 Å². The van der Waals surface area contributed by atoms with Gasteiger partial charge in [0, 0.05) is 12.5 Å². The molecule has 0 spiro atoms. The molecular weight excluding hydrogens is 288 g/mol. The second-order valence-corrected chi connectivity index (χ2v) is 5.41. The third-order valence-electron chi connectivity index (χ3n) is 3.02. The van der Waals surface area contributed by atoms with E-state index in [1.807, 2.05) is 13.8 Å². The fraction of sp³-hybridized carbons (Fsp3) is 0.588. The van der Waals surface area contributed by atoms with Gasteiger partial charge in [-0.25, -0.2) is 0 Å². The number of rotatable bonds is 10. The van der Waals surface area contributed by atoms with Crippen LogP contribution >= 0.6 is 11.6 Å². The Morgan fingerprint density at radius 2 is 1.62 bits per heavy atom. The summed E-state index contributed by atoms with van der Waals surface area (Å²) in [6, 6.07) is 3.42. The molecule has 0 N–H and O–H groups in total. The lowest BCUT2D eigenvalue weighted by atomic mass is 10.0. The first-order valence-corrected chi connectivity index (χ1v) is 8.14. The first-order valence-electron chi connectivity index (χ1n) is 7.76. The Labute approximate surface area is 132 Å². The van der Waals surface area contributed by atoms with E-state index < -0.39 is 0 Å². The van der Waals surface area contributed by atoms with Crippen molar-refractivity contribution in [2.75, 3.05) is 13.2 Å². The Balaban J connectivity index is 3.03. The number of halogens is 1. The van der Waals surface area contributed by atoms with Gasteiger partial charge in [0.15, 0.2) is 5.78 Å². The van der Waals surface area contributed by atoms with Gasteiger partial charge < -0.3 is 9.47 Å². The fourth-order valence-corrected chi connectivity index (χ4v) is 2.10. The van der Waals surface area contributed by atoms with Gasteiger partial charge in [-0.1, -0.05) is 38.8 Å². The van der Waals surface area contributed by atoms with Crippen molar-refractivity contribution in [3.63, 3.8) is 0 Å². The zero-order valence-corrected chi connectivity index (χ0v) is 14.0. The lowest BCUT2D eigenvalue weighted by molar-refractivity contribution is 0.0975. The molecule has 0 saturated carbocycles. The number of carbonyl (C=O) groups excluding carboxylic acids is 1. The average Bonchev–Trinajstić information content (AvgIpc) is 2.49. The molecule has 1 rings (SSSR count). The Morgan fingerprint density at radius 3 is 2.19 bits per heavy atom. The van der Waals surface area contributed by atoms with Crippen molar-refractivity contribution in [3.8, 4) is 11.5 Å².